The van der Waals surface area contributed by atoms with Gasteiger partial charge < -0.3 is 10.1 Å². The summed E-state index contributed by atoms with van der Waals surface area (Å²) in [5.41, 5.74) is 0. The maximum absolute atomic E-state index is 5.12. The van der Waals surface area contributed by atoms with Crippen molar-refractivity contribution in [2.75, 3.05) is 33.9 Å². The van der Waals surface area contributed by atoms with E-state index < -0.39 is 0 Å². The van der Waals surface area contributed by atoms with Crippen LogP contribution in [0.3, 0.4) is 0 Å². The van der Waals surface area contributed by atoms with Gasteiger partial charge in [-0.05, 0) is 47.2 Å². The highest BCUT2D eigenvalue weighted by atomic mass is 16.5. The molecule has 0 rings (SSSR count). The summed E-state index contributed by atoms with van der Waals surface area (Å²) in [7, 11) is 3.79. The van der Waals surface area contributed by atoms with Crippen LogP contribution in [0.15, 0.2) is 0 Å². The van der Waals surface area contributed by atoms with Crippen LogP contribution in [0.4, 0.5) is 0 Å². The Hall–Kier alpha value is -0.120. The van der Waals surface area contributed by atoms with Crippen LogP contribution in [-0.4, -0.2) is 50.8 Å². The maximum atomic E-state index is 5.12. The van der Waals surface area contributed by atoms with Gasteiger partial charge in [0.2, 0.25) is 0 Å². The fraction of sp³-hybridized carbons (Fsp3) is 1.00. The van der Waals surface area contributed by atoms with Crippen LogP contribution in [0.5, 0.6) is 0 Å². The van der Waals surface area contributed by atoms with Crippen molar-refractivity contribution in [3.8, 4) is 0 Å². The summed E-state index contributed by atoms with van der Waals surface area (Å²) in [6.45, 7) is 9.78. The van der Waals surface area contributed by atoms with E-state index in [1.54, 1.807) is 7.11 Å². The fourth-order valence-electron chi connectivity index (χ4n) is 1.58. The molecule has 0 bridgehead atoms. The zero-order valence-electron chi connectivity index (χ0n) is 11.0. The molecule has 0 spiro atoms. The Morgan fingerprint density at radius 3 is 2.33 bits per heavy atom. The van der Waals surface area contributed by atoms with Crippen molar-refractivity contribution in [2.45, 2.75) is 45.7 Å². The quantitative estimate of drug-likeness (QED) is 0.635. The molecule has 3 nitrogen and oxygen atoms in total. The van der Waals surface area contributed by atoms with Crippen LogP contribution >= 0.6 is 0 Å². The number of methoxy groups -OCH3 is 1. The van der Waals surface area contributed by atoms with Crippen molar-refractivity contribution >= 4 is 0 Å². The molecule has 0 aliphatic rings. The average molecular weight is 216 g/mol. The van der Waals surface area contributed by atoms with Crippen LogP contribution in [0.2, 0.25) is 0 Å². The van der Waals surface area contributed by atoms with Crippen molar-refractivity contribution < 1.29 is 4.74 Å². The number of hydrogen-bond acceptors (Lipinski definition) is 3. The molecule has 92 valence electrons. The van der Waals surface area contributed by atoms with E-state index >= 15 is 0 Å². The Kier molecular flexibility index (Phi) is 9.06. The first-order chi connectivity index (χ1) is 7.11. The first-order valence-corrected chi connectivity index (χ1v) is 6.02. The van der Waals surface area contributed by atoms with Crippen molar-refractivity contribution in [1.29, 1.82) is 0 Å². The predicted octanol–water partition coefficient (Wildman–Crippen LogP) is 1.73. The van der Waals surface area contributed by atoms with E-state index in [1.165, 1.54) is 19.4 Å². The number of hydrogen-bond donors (Lipinski definition) is 1. The zero-order chi connectivity index (χ0) is 11.7. The highest BCUT2D eigenvalue weighted by Crippen LogP contribution is 2.03. The molecule has 0 aromatic heterocycles. The highest BCUT2D eigenvalue weighted by molar-refractivity contribution is 4.65. The second kappa shape index (κ2) is 9.13. The number of rotatable bonds is 9. The summed E-state index contributed by atoms with van der Waals surface area (Å²) in [4.78, 5) is 2.48. The minimum atomic E-state index is 0.616. The molecule has 0 aliphatic heterocycles. The van der Waals surface area contributed by atoms with Gasteiger partial charge >= 0.3 is 0 Å². The van der Waals surface area contributed by atoms with Gasteiger partial charge in [0, 0.05) is 25.7 Å². The first-order valence-electron chi connectivity index (χ1n) is 6.02. The lowest BCUT2D eigenvalue weighted by molar-refractivity contribution is 0.127. The van der Waals surface area contributed by atoms with Gasteiger partial charge in [0.1, 0.15) is 0 Å². The minimum Gasteiger partial charge on any atom is -0.383 e. The van der Waals surface area contributed by atoms with Crippen LogP contribution in [0.25, 0.3) is 0 Å². The largest absolute Gasteiger partial charge is 0.383 e. The maximum Gasteiger partial charge on any atom is 0.0589 e. The van der Waals surface area contributed by atoms with Gasteiger partial charge in [-0.25, -0.2) is 0 Å². The summed E-state index contributed by atoms with van der Waals surface area (Å²) in [6.07, 6.45) is 2.50. The molecule has 3 heteroatoms. The Labute approximate surface area is 95.2 Å². The van der Waals surface area contributed by atoms with Gasteiger partial charge in [-0.2, -0.15) is 0 Å². The van der Waals surface area contributed by atoms with E-state index in [0.29, 0.717) is 12.1 Å². The normalized spacial score (nSPS) is 13.8. The molecule has 1 unspecified atom stereocenters. The van der Waals surface area contributed by atoms with E-state index in [2.05, 4.69) is 31.0 Å². The number of nitrogens with one attached hydrogen (secondary N) is 1. The van der Waals surface area contributed by atoms with Crippen LogP contribution < -0.4 is 5.32 Å². The molecule has 1 atom stereocenters. The summed E-state index contributed by atoms with van der Waals surface area (Å²) in [6, 6.07) is 1.24. The molecular formula is C12H28N2O. The van der Waals surface area contributed by atoms with E-state index in [4.69, 9.17) is 4.74 Å². The van der Waals surface area contributed by atoms with Crippen molar-refractivity contribution in [3.05, 3.63) is 0 Å². The molecule has 0 aromatic carbocycles. The summed E-state index contributed by atoms with van der Waals surface area (Å²) < 4.78 is 5.12. The minimum absolute atomic E-state index is 0.616. The third-order valence-electron chi connectivity index (χ3n) is 2.89. The first kappa shape index (κ1) is 14.9. The van der Waals surface area contributed by atoms with Gasteiger partial charge in [0.15, 0.2) is 0 Å². The van der Waals surface area contributed by atoms with Crippen molar-refractivity contribution in [2.24, 2.45) is 0 Å². The summed E-state index contributed by atoms with van der Waals surface area (Å²) in [5.74, 6) is 0. The molecule has 0 aromatic rings. The number of nitrogens with zero attached hydrogens (tertiary/aromatic N) is 1. The van der Waals surface area contributed by atoms with E-state index in [9.17, 15) is 0 Å². The monoisotopic (exact) mass is 216 g/mol. The van der Waals surface area contributed by atoms with Crippen molar-refractivity contribution in [1.82, 2.24) is 10.2 Å². The van der Waals surface area contributed by atoms with Crippen LogP contribution in [-0.2, 0) is 4.74 Å². The Balaban J connectivity index is 3.66. The van der Waals surface area contributed by atoms with E-state index in [1.807, 2.05) is 7.05 Å². The topological polar surface area (TPSA) is 24.5 Å². The third-order valence-corrected chi connectivity index (χ3v) is 2.89. The highest BCUT2D eigenvalue weighted by Gasteiger charge is 2.08. The molecule has 0 aliphatic carbocycles. The smallest absolute Gasteiger partial charge is 0.0589 e. The molecular weight excluding hydrogens is 188 g/mol. The Bertz CT molecular complexity index is 140. The average Bonchev–Trinajstić information content (AvgIpc) is 2.22. The standard InChI is InChI=1S/C12H28N2O/c1-11(2)14(9-10-15-5)8-6-7-12(3)13-4/h11-13H,6-10H2,1-5H3. The lowest BCUT2D eigenvalue weighted by Gasteiger charge is -2.26. The zero-order valence-corrected chi connectivity index (χ0v) is 11.0. The summed E-state index contributed by atoms with van der Waals surface area (Å²) in [5, 5.41) is 3.27. The summed E-state index contributed by atoms with van der Waals surface area (Å²) >= 11 is 0. The number of ether oxygens (including phenoxy) is 1. The predicted molar refractivity (Wildman–Crippen MR) is 66.3 cm³/mol. The molecule has 1 N–H and O–H groups in total. The van der Waals surface area contributed by atoms with Gasteiger partial charge in [0.25, 0.3) is 0 Å². The second-order valence-corrected chi connectivity index (χ2v) is 4.45. The SMILES string of the molecule is CNC(C)CCCN(CCOC)C(C)C. The Morgan fingerprint density at radius 2 is 1.87 bits per heavy atom. The fourth-order valence-corrected chi connectivity index (χ4v) is 1.58. The van der Waals surface area contributed by atoms with E-state index in [-0.39, 0.29) is 0 Å². The Morgan fingerprint density at radius 1 is 1.20 bits per heavy atom. The van der Waals surface area contributed by atoms with Gasteiger partial charge in [-0.15, -0.1) is 0 Å². The van der Waals surface area contributed by atoms with Gasteiger partial charge in [0.05, 0.1) is 6.61 Å². The van der Waals surface area contributed by atoms with Gasteiger partial charge in [-0.1, -0.05) is 0 Å². The van der Waals surface area contributed by atoms with Crippen molar-refractivity contribution in [3.63, 3.8) is 0 Å². The molecule has 0 saturated carbocycles. The second-order valence-electron chi connectivity index (χ2n) is 4.45. The molecule has 0 heterocycles. The van der Waals surface area contributed by atoms with Crippen LogP contribution in [0.1, 0.15) is 33.6 Å². The lowest BCUT2D eigenvalue weighted by Crippen LogP contribution is -2.35. The third kappa shape index (κ3) is 7.77. The molecule has 0 fully saturated rings. The molecule has 0 radical (unpaired) electrons. The lowest BCUT2D eigenvalue weighted by atomic mass is 10.1. The van der Waals surface area contributed by atoms with Gasteiger partial charge in [-0.3, -0.25) is 4.90 Å². The molecule has 0 amide bonds. The van der Waals surface area contributed by atoms with Crippen LogP contribution in [0, 0.1) is 0 Å². The molecule has 15 heavy (non-hydrogen) atoms. The van der Waals surface area contributed by atoms with E-state index in [0.717, 1.165) is 13.2 Å². The molecule has 0 saturated heterocycles.